The molecule has 0 bridgehead atoms. The molecule has 290 valence electrons. The van der Waals surface area contributed by atoms with Gasteiger partial charge in [-0.15, -0.1) is 11.3 Å². The fourth-order valence-corrected chi connectivity index (χ4v) is 9.92. The zero-order chi connectivity index (χ0) is 41.0. The summed E-state index contributed by atoms with van der Waals surface area (Å²) in [5.41, 5.74) is 14.4. The van der Waals surface area contributed by atoms with Crippen molar-refractivity contribution >= 4 is 47.8 Å². The van der Waals surface area contributed by atoms with E-state index in [0.717, 1.165) is 83.6 Å². The van der Waals surface area contributed by atoms with E-state index in [1.54, 1.807) is 0 Å². The maximum absolute atomic E-state index is 5.45. The fourth-order valence-electron chi connectivity index (χ4n) is 8.83. The second-order valence-electron chi connectivity index (χ2n) is 15.6. The summed E-state index contributed by atoms with van der Waals surface area (Å²) in [6.45, 7) is 0. The first-order chi connectivity index (χ1) is 30.7. The Hall–Kier alpha value is -7.99. The molecule has 0 aliphatic carbocycles. The Labute approximate surface area is 362 Å². The number of benzene rings is 8. The monoisotopic (exact) mass is 808 g/mol. The average molecular weight is 809 g/mol. The summed E-state index contributed by atoms with van der Waals surface area (Å²) < 4.78 is 4.75. The van der Waals surface area contributed by atoms with E-state index in [2.05, 4.69) is 205 Å². The molecular weight excluding hydrogens is 773 g/mol. The number of pyridine rings is 1. The Bertz CT molecular complexity index is 3630. The van der Waals surface area contributed by atoms with E-state index in [9.17, 15) is 0 Å². The van der Waals surface area contributed by atoms with Crippen molar-refractivity contribution in [3.8, 4) is 78.7 Å². The van der Waals surface area contributed by atoms with Gasteiger partial charge in [-0.2, -0.15) is 5.10 Å². The molecule has 4 heterocycles. The number of thiophene rings is 1. The minimum atomic E-state index is 0.681. The lowest BCUT2D eigenvalue weighted by Gasteiger charge is -2.13. The molecule has 0 spiro atoms. The van der Waals surface area contributed by atoms with Crippen molar-refractivity contribution in [3.05, 3.63) is 218 Å². The standard InChI is InChI=1S/C57H36N4S/c1-4-16-37(17-5-1)54-55(38-18-6-2-7-19-38)60-61-51(35-42-22-10-11-27-46(42)56(54)61)45-26-15-25-44(33-45)50-36-49(58-57(59-50)39-20-8-3-9-21-39)43-24-14-23-40(32-43)41-30-31-53-48(34-41)47-28-12-13-29-52(47)62-53/h1-36H. The molecule has 0 aliphatic heterocycles. The summed E-state index contributed by atoms with van der Waals surface area (Å²) in [6, 6.07) is 77.3. The van der Waals surface area contributed by atoms with E-state index >= 15 is 0 Å². The lowest BCUT2D eigenvalue weighted by Crippen LogP contribution is -1.98. The van der Waals surface area contributed by atoms with Crippen LogP contribution in [0, 0.1) is 0 Å². The maximum Gasteiger partial charge on any atom is 0.160 e. The van der Waals surface area contributed by atoms with Crippen LogP contribution in [0.4, 0.5) is 0 Å². The van der Waals surface area contributed by atoms with Crippen LogP contribution in [0.2, 0.25) is 0 Å². The molecule has 0 unspecified atom stereocenters. The van der Waals surface area contributed by atoms with E-state index < -0.39 is 0 Å². The summed E-state index contributed by atoms with van der Waals surface area (Å²) in [5, 5.41) is 10.3. The van der Waals surface area contributed by atoms with Gasteiger partial charge in [0.25, 0.3) is 0 Å². The van der Waals surface area contributed by atoms with Crippen LogP contribution in [0.25, 0.3) is 115 Å². The minimum absolute atomic E-state index is 0.681. The van der Waals surface area contributed by atoms with E-state index in [1.807, 2.05) is 29.5 Å². The smallest absolute Gasteiger partial charge is 0.160 e. The third-order valence-electron chi connectivity index (χ3n) is 11.8. The van der Waals surface area contributed by atoms with Gasteiger partial charge >= 0.3 is 0 Å². The topological polar surface area (TPSA) is 43.1 Å². The highest BCUT2D eigenvalue weighted by molar-refractivity contribution is 7.25. The van der Waals surface area contributed by atoms with Gasteiger partial charge in [-0.05, 0) is 64.5 Å². The number of fused-ring (bicyclic) bond motifs is 6. The van der Waals surface area contributed by atoms with Crippen molar-refractivity contribution in [2.75, 3.05) is 0 Å². The molecular formula is C57H36N4S. The second kappa shape index (κ2) is 14.9. The molecule has 8 aromatic carbocycles. The molecule has 0 radical (unpaired) electrons. The molecule has 0 saturated heterocycles. The van der Waals surface area contributed by atoms with Crippen LogP contribution in [0.5, 0.6) is 0 Å². The Balaban J connectivity index is 1.02. The third-order valence-corrected chi connectivity index (χ3v) is 13.0. The fraction of sp³-hybridized carbons (Fsp3) is 0. The van der Waals surface area contributed by atoms with E-state index in [4.69, 9.17) is 15.1 Å². The molecule has 4 nitrogen and oxygen atoms in total. The van der Waals surface area contributed by atoms with Crippen molar-refractivity contribution in [1.82, 2.24) is 19.6 Å². The molecule has 12 aromatic rings. The quantitative estimate of drug-likeness (QED) is 0.161. The van der Waals surface area contributed by atoms with Crippen molar-refractivity contribution in [2.24, 2.45) is 0 Å². The van der Waals surface area contributed by atoms with E-state index in [-0.39, 0.29) is 0 Å². The summed E-state index contributed by atoms with van der Waals surface area (Å²) in [7, 11) is 0. The van der Waals surface area contributed by atoms with Gasteiger partial charge in [-0.3, -0.25) is 0 Å². The zero-order valence-corrected chi connectivity index (χ0v) is 34.3. The predicted molar refractivity (Wildman–Crippen MR) is 259 cm³/mol. The zero-order valence-electron chi connectivity index (χ0n) is 33.5. The van der Waals surface area contributed by atoms with Crippen molar-refractivity contribution in [3.63, 3.8) is 0 Å². The Morgan fingerprint density at radius 2 is 0.903 bits per heavy atom. The Morgan fingerprint density at radius 1 is 0.355 bits per heavy atom. The second-order valence-corrected chi connectivity index (χ2v) is 16.7. The Morgan fingerprint density at radius 3 is 1.65 bits per heavy atom. The lowest BCUT2D eigenvalue weighted by molar-refractivity contribution is 0.979. The first-order valence-corrected chi connectivity index (χ1v) is 21.7. The Kier molecular flexibility index (Phi) is 8.65. The first kappa shape index (κ1) is 35.9. The maximum atomic E-state index is 5.45. The largest absolute Gasteiger partial charge is 0.231 e. The van der Waals surface area contributed by atoms with Crippen LogP contribution in [-0.4, -0.2) is 19.6 Å². The van der Waals surface area contributed by atoms with Gasteiger partial charge in [-0.1, -0.05) is 176 Å². The number of nitrogens with zero attached hydrogens (tertiary/aromatic N) is 4. The van der Waals surface area contributed by atoms with Crippen LogP contribution in [0.1, 0.15) is 0 Å². The van der Waals surface area contributed by atoms with Gasteiger partial charge < -0.3 is 0 Å². The van der Waals surface area contributed by atoms with Crippen LogP contribution in [0.3, 0.4) is 0 Å². The number of aromatic nitrogens is 4. The normalized spacial score (nSPS) is 11.5. The molecule has 62 heavy (non-hydrogen) atoms. The van der Waals surface area contributed by atoms with Gasteiger partial charge in [0, 0.05) is 58.9 Å². The van der Waals surface area contributed by atoms with Crippen LogP contribution in [0.15, 0.2) is 218 Å². The highest BCUT2D eigenvalue weighted by Crippen LogP contribution is 2.42. The van der Waals surface area contributed by atoms with E-state index in [1.165, 1.54) is 25.7 Å². The van der Waals surface area contributed by atoms with E-state index in [0.29, 0.717) is 5.82 Å². The average Bonchev–Trinajstić information content (AvgIpc) is 3.94. The molecule has 0 fully saturated rings. The highest BCUT2D eigenvalue weighted by atomic mass is 32.1. The van der Waals surface area contributed by atoms with Crippen LogP contribution < -0.4 is 0 Å². The van der Waals surface area contributed by atoms with Crippen LogP contribution >= 0.6 is 11.3 Å². The number of hydrogen-bond donors (Lipinski definition) is 0. The van der Waals surface area contributed by atoms with Gasteiger partial charge in [0.05, 0.1) is 22.6 Å². The number of rotatable bonds is 7. The molecule has 0 atom stereocenters. The molecule has 5 heteroatoms. The van der Waals surface area contributed by atoms with Crippen molar-refractivity contribution in [1.29, 1.82) is 0 Å². The predicted octanol–water partition coefficient (Wildman–Crippen LogP) is 15.3. The summed E-state index contributed by atoms with van der Waals surface area (Å²) >= 11 is 1.84. The van der Waals surface area contributed by atoms with Gasteiger partial charge in [-0.25, -0.2) is 14.5 Å². The van der Waals surface area contributed by atoms with Crippen molar-refractivity contribution < 1.29 is 0 Å². The minimum Gasteiger partial charge on any atom is -0.231 e. The van der Waals surface area contributed by atoms with Gasteiger partial charge in [0.1, 0.15) is 5.69 Å². The SMILES string of the molecule is c1ccc(-c2nc(-c3cccc(-c4ccc5sc6ccccc6c5c4)c3)cc(-c3cccc(-c4cc5ccccc5c5c(-c6ccccc6)c(-c6ccccc6)nn45)c3)n2)cc1. The third kappa shape index (κ3) is 6.26. The highest BCUT2D eigenvalue weighted by Gasteiger charge is 2.22. The first-order valence-electron chi connectivity index (χ1n) is 20.8. The number of hydrogen-bond acceptors (Lipinski definition) is 4. The molecule has 0 aliphatic rings. The van der Waals surface area contributed by atoms with Gasteiger partial charge in [0.15, 0.2) is 5.82 Å². The molecule has 0 N–H and O–H groups in total. The molecule has 0 saturated carbocycles. The van der Waals surface area contributed by atoms with Crippen molar-refractivity contribution in [2.45, 2.75) is 0 Å². The lowest BCUT2D eigenvalue weighted by atomic mass is 9.96. The summed E-state index contributed by atoms with van der Waals surface area (Å²) in [4.78, 5) is 10.5. The summed E-state index contributed by atoms with van der Waals surface area (Å²) in [5.74, 6) is 0.681. The molecule has 0 amide bonds. The van der Waals surface area contributed by atoms with Gasteiger partial charge in [0.2, 0.25) is 0 Å². The summed E-state index contributed by atoms with van der Waals surface area (Å²) in [6.07, 6.45) is 0. The van der Waals surface area contributed by atoms with Crippen LogP contribution in [-0.2, 0) is 0 Å². The molecule has 4 aromatic heterocycles. The molecule has 12 rings (SSSR count).